The number of hydrogen-bond donors (Lipinski definition) is 0. The fraction of sp³-hybridized carbons (Fsp3) is 0.167. The maximum Gasteiger partial charge on any atom is 0.277 e. The normalized spacial score (nSPS) is 11.9. The molecule has 3 aromatic rings. The molecule has 1 heterocycles. The van der Waals surface area contributed by atoms with Crippen molar-refractivity contribution in [1.82, 2.24) is 10.2 Å². The molecule has 1 aromatic heterocycles. The molecule has 3 rings (SSSR count). The molecule has 0 bridgehead atoms. The Bertz CT molecular complexity index is 953. The van der Waals surface area contributed by atoms with Crippen LogP contribution in [0.1, 0.15) is 22.8 Å². The molecular formula is C18H15N3O4S. The predicted molar refractivity (Wildman–Crippen MR) is 97.2 cm³/mol. The molecule has 0 aliphatic heterocycles. The van der Waals surface area contributed by atoms with Crippen molar-refractivity contribution >= 4 is 23.2 Å². The largest absolute Gasteiger partial charge is 0.411 e. The first-order valence-electron chi connectivity index (χ1n) is 7.80. The minimum absolute atomic E-state index is 0.0369. The molecule has 0 spiro atoms. The van der Waals surface area contributed by atoms with E-state index in [1.54, 1.807) is 31.2 Å². The average Bonchev–Trinajstić information content (AvgIpc) is 3.10. The zero-order valence-corrected chi connectivity index (χ0v) is 14.9. The molecule has 0 aliphatic rings. The van der Waals surface area contributed by atoms with Gasteiger partial charge in [0.05, 0.1) is 10.2 Å². The summed E-state index contributed by atoms with van der Waals surface area (Å²) in [7, 11) is 0. The van der Waals surface area contributed by atoms with E-state index in [2.05, 4.69) is 10.2 Å². The third-order valence-electron chi connectivity index (χ3n) is 3.69. The van der Waals surface area contributed by atoms with Gasteiger partial charge in [0.2, 0.25) is 5.89 Å². The summed E-state index contributed by atoms with van der Waals surface area (Å²) >= 11 is 1.15. The lowest BCUT2D eigenvalue weighted by Crippen LogP contribution is -2.13. The van der Waals surface area contributed by atoms with Gasteiger partial charge in [-0.15, -0.1) is 10.2 Å². The van der Waals surface area contributed by atoms with E-state index in [4.69, 9.17) is 4.42 Å². The molecule has 0 fully saturated rings. The Hall–Kier alpha value is -3.00. The van der Waals surface area contributed by atoms with Gasteiger partial charge in [-0.25, -0.2) is 0 Å². The molecule has 26 heavy (non-hydrogen) atoms. The predicted octanol–water partition coefficient (Wildman–Crippen LogP) is 4.32. The van der Waals surface area contributed by atoms with Crippen LogP contribution in [0, 0.1) is 17.0 Å². The van der Waals surface area contributed by atoms with E-state index in [9.17, 15) is 14.9 Å². The third kappa shape index (κ3) is 3.97. The second kappa shape index (κ2) is 7.49. The van der Waals surface area contributed by atoms with E-state index in [0.717, 1.165) is 17.3 Å². The standard InChI is InChI=1S/C18H15N3O4S/c1-11-6-8-13(9-7-11)16(22)12(2)26-18-20-19-17(25-18)14-4-3-5-15(10-14)21(23)24/h3-10,12H,1-2H3/t12-/m1/s1. The average molecular weight is 369 g/mol. The molecule has 1 atom stereocenters. The Morgan fingerprint density at radius 2 is 1.92 bits per heavy atom. The topological polar surface area (TPSA) is 99.1 Å². The van der Waals surface area contributed by atoms with Crippen molar-refractivity contribution in [2.24, 2.45) is 0 Å². The van der Waals surface area contributed by atoms with Crippen LogP contribution in [0.25, 0.3) is 11.5 Å². The molecule has 0 radical (unpaired) electrons. The van der Waals surface area contributed by atoms with Crippen molar-refractivity contribution in [3.05, 3.63) is 69.8 Å². The number of thioether (sulfide) groups is 1. The van der Waals surface area contributed by atoms with Crippen LogP contribution in [0.2, 0.25) is 0 Å². The van der Waals surface area contributed by atoms with E-state index in [-0.39, 0.29) is 22.6 Å². The van der Waals surface area contributed by atoms with Crippen molar-refractivity contribution < 1.29 is 14.1 Å². The van der Waals surface area contributed by atoms with Crippen LogP contribution in [0.3, 0.4) is 0 Å². The van der Waals surface area contributed by atoms with E-state index in [1.807, 2.05) is 19.1 Å². The number of aryl methyl sites for hydroxylation is 1. The van der Waals surface area contributed by atoms with Crippen molar-refractivity contribution in [3.63, 3.8) is 0 Å². The van der Waals surface area contributed by atoms with Gasteiger partial charge in [0, 0.05) is 23.3 Å². The van der Waals surface area contributed by atoms with Crippen LogP contribution >= 0.6 is 11.8 Å². The van der Waals surface area contributed by atoms with Crippen LogP contribution in [0.15, 0.2) is 58.2 Å². The van der Waals surface area contributed by atoms with E-state index >= 15 is 0 Å². The fourth-order valence-electron chi connectivity index (χ4n) is 2.28. The number of carbonyl (C=O) groups is 1. The van der Waals surface area contributed by atoms with Crippen LogP contribution in [0.4, 0.5) is 5.69 Å². The third-order valence-corrected chi connectivity index (χ3v) is 4.63. The number of non-ortho nitro benzene ring substituents is 1. The molecule has 0 aliphatic carbocycles. The summed E-state index contributed by atoms with van der Waals surface area (Å²) < 4.78 is 5.55. The zero-order valence-electron chi connectivity index (χ0n) is 14.1. The summed E-state index contributed by atoms with van der Waals surface area (Å²) in [6.07, 6.45) is 0. The Morgan fingerprint density at radius 3 is 2.62 bits per heavy atom. The molecule has 132 valence electrons. The Labute approximate surface area is 153 Å². The summed E-state index contributed by atoms with van der Waals surface area (Å²) in [5.41, 5.74) is 2.10. The second-order valence-electron chi connectivity index (χ2n) is 5.67. The fourth-order valence-corrected chi connectivity index (χ4v) is 3.04. The van der Waals surface area contributed by atoms with Crippen LogP contribution < -0.4 is 0 Å². The number of hydrogen-bond acceptors (Lipinski definition) is 7. The number of benzene rings is 2. The first-order chi connectivity index (χ1) is 12.4. The van der Waals surface area contributed by atoms with E-state index in [0.29, 0.717) is 11.1 Å². The van der Waals surface area contributed by atoms with Crippen LogP contribution in [-0.4, -0.2) is 26.2 Å². The summed E-state index contributed by atoms with van der Waals surface area (Å²) in [5.74, 6) is 0.135. The molecule has 2 aromatic carbocycles. The molecule has 8 heteroatoms. The number of rotatable bonds is 6. The second-order valence-corrected chi connectivity index (χ2v) is 6.96. The molecule has 7 nitrogen and oxygen atoms in total. The highest BCUT2D eigenvalue weighted by Gasteiger charge is 2.20. The van der Waals surface area contributed by atoms with Crippen molar-refractivity contribution in [2.75, 3.05) is 0 Å². The number of nitro groups is 1. The summed E-state index contributed by atoms with van der Waals surface area (Å²) in [6.45, 7) is 3.73. The van der Waals surface area contributed by atoms with Gasteiger partial charge in [0.1, 0.15) is 0 Å². The maximum absolute atomic E-state index is 12.5. The summed E-state index contributed by atoms with van der Waals surface area (Å²) in [6, 6.07) is 13.3. The van der Waals surface area contributed by atoms with E-state index in [1.165, 1.54) is 12.1 Å². The molecule has 0 unspecified atom stereocenters. The Balaban J connectivity index is 1.73. The van der Waals surface area contributed by atoms with Gasteiger partial charge < -0.3 is 4.42 Å². The van der Waals surface area contributed by atoms with Gasteiger partial charge in [-0.05, 0) is 19.9 Å². The molecule has 0 saturated carbocycles. The number of ketones is 1. The zero-order chi connectivity index (χ0) is 18.7. The number of aromatic nitrogens is 2. The molecule has 0 N–H and O–H groups in total. The minimum Gasteiger partial charge on any atom is -0.411 e. The number of carbonyl (C=O) groups excluding carboxylic acids is 1. The maximum atomic E-state index is 12.5. The quantitative estimate of drug-likeness (QED) is 0.276. The van der Waals surface area contributed by atoms with Gasteiger partial charge in [0.25, 0.3) is 10.9 Å². The van der Waals surface area contributed by atoms with Crippen molar-refractivity contribution in [3.8, 4) is 11.5 Å². The lowest BCUT2D eigenvalue weighted by molar-refractivity contribution is -0.384. The van der Waals surface area contributed by atoms with Crippen molar-refractivity contribution in [1.29, 1.82) is 0 Å². The van der Waals surface area contributed by atoms with Crippen molar-refractivity contribution in [2.45, 2.75) is 24.3 Å². The van der Waals surface area contributed by atoms with E-state index < -0.39 is 10.2 Å². The lowest BCUT2D eigenvalue weighted by atomic mass is 10.1. The summed E-state index contributed by atoms with van der Waals surface area (Å²) in [5, 5.41) is 18.5. The lowest BCUT2D eigenvalue weighted by Gasteiger charge is -2.07. The molecule has 0 amide bonds. The minimum atomic E-state index is -0.488. The van der Waals surface area contributed by atoms with Gasteiger partial charge in [-0.3, -0.25) is 14.9 Å². The van der Waals surface area contributed by atoms with Crippen LogP contribution in [-0.2, 0) is 0 Å². The monoisotopic (exact) mass is 369 g/mol. The Kier molecular flexibility index (Phi) is 5.13. The smallest absolute Gasteiger partial charge is 0.277 e. The molecular weight excluding hydrogens is 354 g/mol. The highest BCUT2D eigenvalue weighted by atomic mass is 32.2. The number of nitro benzene ring substituents is 1. The Morgan fingerprint density at radius 1 is 1.19 bits per heavy atom. The highest BCUT2D eigenvalue weighted by Crippen LogP contribution is 2.29. The van der Waals surface area contributed by atoms with Gasteiger partial charge >= 0.3 is 0 Å². The SMILES string of the molecule is Cc1ccc(C(=O)[C@@H](C)Sc2nnc(-c3cccc([N+](=O)[O-])c3)o2)cc1. The van der Waals surface area contributed by atoms with Gasteiger partial charge in [0.15, 0.2) is 5.78 Å². The van der Waals surface area contributed by atoms with Crippen LogP contribution in [0.5, 0.6) is 0 Å². The number of nitrogens with zero attached hydrogens (tertiary/aromatic N) is 3. The van der Waals surface area contributed by atoms with Gasteiger partial charge in [-0.1, -0.05) is 47.7 Å². The molecule has 0 saturated heterocycles. The first-order valence-corrected chi connectivity index (χ1v) is 8.68. The van der Waals surface area contributed by atoms with Gasteiger partial charge in [-0.2, -0.15) is 0 Å². The summed E-state index contributed by atoms with van der Waals surface area (Å²) in [4.78, 5) is 22.8. The first kappa shape index (κ1) is 17.8. The highest BCUT2D eigenvalue weighted by molar-refractivity contribution is 8.00. The number of Topliss-reactive ketones (excluding diaryl/α,β-unsaturated/α-hetero) is 1.